The summed E-state index contributed by atoms with van der Waals surface area (Å²) < 4.78 is 29.1. The lowest BCUT2D eigenvalue weighted by molar-refractivity contribution is -0.142. The highest BCUT2D eigenvalue weighted by molar-refractivity contribution is 7.54. The Morgan fingerprint density at radius 3 is 2.35 bits per heavy atom. The molecule has 1 saturated heterocycles. The number of benzene rings is 1. The Morgan fingerprint density at radius 1 is 1.22 bits per heavy atom. The first-order valence-electron chi connectivity index (χ1n) is 7.83. The van der Waals surface area contributed by atoms with Crippen molar-refractivity contribution in [1.29, 1.82) is 0 Å². The molecule has 1 N–H and O–H groups in total. The van der Waals surface area contributed by atoms with Crippen LogP contribution in [-0.4, -0.2) is 38.0 Å². The van der Waals surface area contributed by atoms with Gasteiger partial charge in [-0.3, -0.25) is 14.7 Å². The summed E-state index contributed by atoms with van der Waals surface area (Å²) in [5.41, 5.74) is 0.512. The summed E-state index contributed by atoms with van der Waals surface area (Å²) in [6.45, 7) is 4.14. The molecule has 23 heavy (non-hydrogen) atoms. The van der Waals surface area contributed by atoms with Crippen molar-refractivity contribution in [2.45, 2.75) is 38.0 Å². The van der Waals surface area contributed by atoms with Crippen molar-refractivity contribution in [2.75, 3.05) is 20.3 Å². The monoisotopic (exact) mass is 341 g/mol. The molecule has 1 fully saturated rings. The van der Waals surface area contributed by atoms with E-state index in [4.69, 9.17) is 13.8 Å². The van der Waals surface area contributed by atoms with E-state index in [9.17, 15) is 9.36 Å². The van der Waals surface area contributed by atoms with Crippen molar-refractivity contribution in [3.05, 3.63) is 35.9 Å². The lowest BCUT2D eigenvalue weighted by Gasteiger charge is -2.27. The van der Waals surface area contributed by atoms with Crippen molar-refractivity contribution in [3.63, 3.8) is 0 Å². The molecule has 0 radical (unpaired) electrons. The molecule has 128 valence electrons. The molecule has 1 heterocycles. The third kappa shape index (κ3) is 4.01. The molecule has 1 aromatic carbocycles. The first-order chi connectivity index (χ1) is 11.1. The summed E-state index contributed by atoms with van der Waals surface area (Å²) in [5, 5.41) is 3.22. The van der Waals surface area contributed by atoms with Crippen LogP contribution >= 0.6 is 7.60 Å². The Kier molecular flexibility index (Phi) is 6.36. The van der Waals surface area contributed by atoms with Crippen molar-refractivity contribution in [2.24, 2.45) is 0 Å². The standard InChI is InChI=1S/C16H24NO5P/c1-4-21-23(19,22-5-2)14-11-13(16(18)20-3)17-15(14)12-9-7-6-8-10-12/h6-10,13-15,17H,4-5,11H2,1-3H3/t13-,14+,15-/m1/s1. The zero-order valence-electron chi connectivity index (χ0n) is 13.7. The van der Waals surface area contributed by atoms with Gasteiger partial charge in [-0.1, -0.05) is 30.3 Å². The van der Waals surface area contributed by atoms with E-state index in [-0.39, 0.29) is 25.2 Å². The summed E-state index contributed by atoms with van der Waals surface area (Å²) in [4.78, 5) is 11.9. The van der Waals surface area contributed by atoms with Gasteiger partial charge in [0.15, 0.2) is 0 Å². The number of carbonyl (C=O) groups is 1. The van der Waals surface area contributed by atoms with Crippen LogP contribution in [0, 0.1) is 0 Å². The van der Waals surface area contributed by atoms with E-state index in [1.54, 1.807) is 13.8 Å². The molecule has 0 spiro atoms. The lowest BCUT2D eigenvalue weighted by Crippen LogP contribution is -2.33. The van der Waals surface area contributed by atoms with Crippen LogP contribution in [0.25, 0.3) is 0 Å². The molecule has 1 aliphatic rings. The van der Waals surface area contributed by atoms with Gasteiger partial charge in [0.2, 0.25) is 0 Å². The number of methoxy groups -OCH3 is 1. The molecular weight excluding hydrogens is 317 g/mol. The van der Waals surface area contributed by atoms with Crippen LogP contribution in [0.15, 0.2) is 30.3 Å². The SMILES string of the molecule is CCOP(=O)(OCC)[C@H]1C[C@H](C(=O)OC)N[C@@H]1c1ccccc1. The highest BCUT2D eigenvalue weighted by atomic mass is 31.2. The number of hydrogen-bond donors (Lipinski definition) is 1. The van der Waals surface area contributed by atoms with Gasteiger partial charge in [0.25, 0.3) is 0 Å². The Balaban J connectivity index is 2.35. The number of carbonyl (C=O) groups excluding carboxylic acids is 1. The summed E-state index contributed by atoms with van der Waals surface area (Å²) in [7, 11) is -2.00. The molecule has 1 aliphatic heterocycles. The normalized spacial score (nSPS) is 24.6. The van der Waals surface area contributed by atoms with E-state index in [0.717, 1.165) is 5.56 Å². The molecular formula is C16H24NO5P. The fraction of sp³-hybridized carbons (Fsp3) is 0.562. The molecule has 6 nitrogen and oxygen atoms in total. The van der Waals surface area contributed by atoms with Crippen molar-refractivity contribution >= 4 is 13.6 Å². The van der Waals surface area contributed by atoms with Gasteiger partial charge in [-0.2, -0.15) is 0 Å². The number of ether oxygens (including phenoxy) is 1. The second-order valence-electron chi connectivity index (χ2n) is 5.31. The largest absolute Gasteiger partial charge is 0.468 e. The van der Waals surface area contributed by atoms with Gasteiger partial charge in [0, 0.05) is 6.04 Å². The minimum Gasteiger partial charge on any atom is -0.468 e. The van der Waals surface area contributed by atoms with Crippen LogP contribution < -0.4 is 5.32 Å². The molecule has 1 aromatic rings. The summed E-state index contributed by atoms with van der Waals surface area (Å²) in [6, 6.07) is 8.79. The number of esters is 1. The van der Waals surface area contributed by atoms with E-state index in [1.807, 2.05) is 30.3 Å². The van der Waals surface area contributed by atoms with Crippen molar-refractivity contribution in [3.8, 4) is 0 Å². The van der Waals surface area contributed by atoms with Gasteiger partial charge in [-0.05, 0) is 25.8 Å². The van der Waals surface area contributed by atoms with E-state index in [0.29, 0.717) is 6.42 Å². The zero-order valence-corrected chi connectivity index (χ0v) is 14.6. The van der Waals surface area contributed by atoms with Gasteiger partial charge in [-0.15, -0.1) is 0 Å². The Morgan fingerprint density at radius 2 is 1.83 bits per heavy atom. The van der Waals surface area contributed by atoms with Crippen LogP contribution in [-0.2, 0) is 23.1 Å². The van der Waals surface area contributed by atoms with E-state index < -0.39 is 19.3 Å². The average molecular weight is 341 g/mol. The summed E-state index contributed by atoms with van der Waals surface area (Å²) in [5.74, 6) is -0.368. The average Bonchev–Trinajstić information content (AvgIpc) is 3.01. The van der Waals surface area contributed by atoms with Gasteiger partial charge >= 0.3 is 13.6 Å². The summed E-state index contributed by atoms with van der Waals surface area (Å²) in [6.07, 6.45) is 0.351. The fourth-order valence-electron chi connectivity index (χ4n) is 2.96. The molecule has 0 aromatic heterocycles. The smallest absolute Gasteiger partial charge is 0.335 e. The molecule has 0 aliphatic carbocycles. The molecule has 7 heteroatoms. The maximum absolute atomic E-state index is 13.2. The van der Waals surface area contributed by atoms with E-state index in [1.165, 1.54) is 7.11 Å². The van der Waals surface area contributed by atoms with Crippen LogP contribution in [0.5, 0.6) is 0 Å². The van der Waals surface area contributed by atoms with Crippen LogP contribution in [0.2, 0.25) is 0 Å². The maximum atomic E-state index is 13.2. The Bertz CT molecular complexity index is 555. The number of nitrogens with one attached hydrogen (secondary N) is 1. The number of rotatable bonds is 7. The van der Waals surface area contributed by atoms with Crippen molar-refractivity contribution < 1.29 is 23.1 Å². The molecule has 0 saturated carbocycles. The molecule has 0 bridgehead atoms. The van der Waals surface area contributed by atoms with Gasteiger partial charge in [-0.25, -0.2) is 0 Å². The van der Waals surface area contributed by atoms with E-state index in [2.05, 4.69) is 5.32 Å². The van der Waals surface area contributed by atoms with Gasteiger partial charge in [0.05, 0.1) is 26.0 Å². The van der Waals surface area contributed by atoms with Crippen LogP contribution in [0.4, 0.5) is 0 Å². The molecule has 0 amide bonds. The second kappa shape index (κ2) is 8.06. The third-order valence-corrected chi connectivity index (χ3v) is 6.47. The summed E-state index contributed by atoms with van der Waals surface area (Å²) >= 11 is 0. The van der Waals surface area contributed by atoms with E-state index >= 15 is 0 Å². The molecule has 3 atom stereocenters. The third-order valence-electron chi connectivity index (χ3n) is 3.91. The first kappa shape index (κ1) is 18.1. The topological polar surface area (TPSA) is 73.9 Å². The predicted octanol–water partition coefficient (Wildman–Crippen LogP) is 2.90. The molecule has 2 rings (SSSR count). The minimum atomic E-state index is -3.35. The van der Waals surface area contributed by atoms with Gasteiger partial charge < -0.3 is 13.8 Å². The molecule has 0 unspecified atom stereocenters. The zero-order chi connectivity index (χ0) is 16.9. The maximum Gasteiger partial charge on any atom is 0.335 e. The predicted molar refractivity (Wildman–Crippen MR) is 87.4 cm³/mol. The Hall–Kier alpha value is -1.20. The van der Waals surface area contributed by atoms with Crippen LogP contribution in [0.3, 0.4) is 0 Å². The minimum absolute atomic E-state index is 0.288. The first-order valence-corrected chi connectivity index (χ1v) is 9.44. The van der Waals surface area contributed by atoms with Crippen molar-refractivity contribution in [1.82, 2.24) is 5.32 Å². The van der Waals surface area contributed by atoms with Gasteiger partial charge in [0.1, 0.15) is 6.04 Å². The lowest BCUT2D eigenvalue weighted by atomic mass is 10.1. The second-order valence-corrected chi connectivity index (χ2v) is 7.57. The van der Waals surface area contributed by atoms with Crippen LogP contribution in [0.1, 0.15) is 31.9 Å². The number of hydrogen-bond acceptors (Lipinski definition) is 6. The quantitative estimate of drug-likeness (QED) is 0.607. The Labute approximate surface area is 137 Å². The fourth-order valence-corrected chi connectivity index (χ4v) is 5.23. The highest BCUT2D eigenvalue weighted by Crippen LogP contribution is 2.60. The highest BCUT2D eigenvalue weighted by Gasteiger charge is 2.49.